The summed E-state index contributed by atoms with van der Waals surface area (Å²) < 4.78 is 5.52. The standard InChI is InChI=1S/C25H28N6O2S/c1-17-12-19(14-20(13-17)26-16-32)5-6-22-23(34)25(31-8-10-33-11-9-31)30-24(29-22)21-4-3-7-27-28-15-18(21)2/h3-7,12,14-17,27,34H,2,8-11,13H2,1H3,(H,26,32)/b6-5+,7-3-,21-4?,28-15-. The van der Waals surface area contributed by atoms with Crippen LogP contribution >= 0.6 is 12.6 Å². The summed E-state index contributed by atoms with van der Waals surface area (Å²) in [5, 5.41) is 6.89. The third-order valence-corrected chi connectivity index (χ3v) is 5.99. The summed E-state index contributed by atoms with van der Waals surface area (Å²) in [6.45, 7) is 8.97. The first-order valence-corrected chi connectivity index (χ1v) is 11.6. The first-order valence-electron chi connectivity index (χ1n) is 11.1. The number of nitrogens with one attached hydrogen (secondary N) is 2. The van der Waals surface area contributed by atoms with Crippen LogP contribution in [-0.2, 0) is 9.53 Å². The fourth-order valence-electron chi connectivity index (χ4n) is 3.93. The quantitative estimate of drug-likeness (QED) is 0.431. The van der Waals surface area contributed by atoms with Crippen molar-refractivity contribution in [2.45, 2.75) is 18.2 Å². The van der Waals surface area contributed by atoms with Gasteiger partial charge < -0.3 is 15.0 Å². The minimum Gasteiger partial charge on any atom is -0.378 e. The molecule has 34 heavy (non-hydrogen) atoms. The zero-order valence-corrected chi connectivity index (χ0v) is 20.0. The van der Waals surface area contributed by atoms with Gasteiger partial charge in [0.15, 0.2) is 5.82 Å². The van der Waals surface area contributed by atoms with Crippen LogP contribution in [0.2, 0.25) is 0 Å². The highest BCUT2D eigenvalue weighted by atomic mass is 32.1. The van der Waals surface area contributed by atoms with Crippen molar-refractivity contribution in [3.8, 4) is 0 Å². The molecule has 1 fully saturated rings. The van der Waals surface area contributed by atoms with E-state index in [1.807, 2.05) is 30.4 Å². The number of anilines is 1. The summed E-state index contributed by atoms with van der Waals surface area (Å²) >= 11 is 4.82. The molecule has 3 heterocycles. The predicted octanol–water partition coefficient (Wildman–Crippen LogP) is 3.25. The Balaban J connectivity index is 1.76. The third-order valence-electron chi connectivity index (χ3n) is 5.56. The van der Waals surface area contributed by atoms with Gasteiger partial charge in [-0.3, -0.25) is 10.2 Å². The monoisotopic (exact) mass is 476 g/mol. The number of carbonyl (C=O) groups excluding carboxylic acids is 1. The Labute approximate surface area is 205 Å². The highest BCUT2D eigenvalue weighted by Crippen LogP contribution is 2.31. The summed E-state index contributed by atoms with van der Waals surface area (Å²) in [7, 11) is 0. The molecular weight excluding hydrogens is 448 g/mol. The fourth-order valence-corrected chi connectivity index (χ4v) is 4.25. The predicted molar refractivity (Wildman–Crippen MR) is 138 cm³/mol. The lowest BCUT2D eigenvalue weighted by Crippen LogP contribution is -2.37. The van der Waals surface area contributed by atoms with Gasteiger partial charge in [-0.15, -0.1) is 12.6 Å². The maximum atomic E-state index is 10.9. The first-order chi connectivity index (χ1) is 16.5. The number of aromatic nitrogens is 2. The molecule has 1 aromatic heterocycles. The summed E-state index contributed by atoms with van der Waals surface area (Å²) in [5.41, 5.74) is 6.87. The van der Waals surface area contributed by atoms with Crippen LogP contribution in [0.1, 0.15) is 24.9 Å². The Morgan fingerprint density at radius 1 is 1.29 bits per heavy atom. The van der Waals surface area contributed by atoms with Gasteiger partial charge in [0.2, 0.25) is 6.41 Å². The second kappa shape index (κ2) is 11.1. The number of thiol groups is 1. The van der Waals surface area contributed by atoms with Crippen molar-refractivity contribution in [3.05, 3.63) is 71.5 Å². The van der Waals surface area contributed by atoms with E-state index in [-0.39, 0.29) is 0 Å². The van der Waals surface area contributed by atoms with Gasteiger partial charge in [-0.2, -0.15) is 5.10 Å². The fraction of sp³-hybridized carbons (Fsp3) is 0.280. The van der Waals surface area contributed by atoms with E-state index >= 15 is 0 Å². The van der Waals surface area contributed by atoms with Crippen molar-refractivity contribution in [3.63, 3.8) is 0 Å². The molecule has 0 bridgehead atoms. The highest BCUT2D eigenvalue weighted by molar-refractivity contribution is 7.80. The van der Waals surface area contributed by atoms with Crippen LogP contribution in [0, 0.1) is 5.92 Å². The van der Waals surface area contributed by atoms with E-state index in [0.717, 1.165) is 42.2 Å². The van der Waals surface area contributed by atoms with Gasteiger partial charge in [-0.1, -0.05) is 25.7 Å². The summed E-state index contributed by atoms with van der Waals surface area (Å²) in [6, 6.07) is 0. The van der Waals surface area contributed by atoms with Crippen molar-refractivity contribution in [1.29, 1.82) is 0 Å². The molecule has 1 aliphatic carbocycles. The number of hydrogen-bond acceptors (Lipinski definition) is 8. The summed E-state index contributed by atoms with van der Waals surface area (Å²) in [6.07, 6.45) is 16.7. The number of ether oxygens (including phenoxy) is 1. The van der Waals surface area contributed by atoms with Crippen LogP contribution < -0.4 is 15.6 Å². The van der Waals surface area contributed by atoms with Crippen molar-refractivity contribution in [2.75, 3.05) is 31.2 Å². The number of morpholine rings is 1. The number of hydrogen-bond donors (Lipinski definition) is 3. The molecular formula is C25H28N6O2S. The SMILES string of the molecule is C=C1/C=N\N/C=C\C=C1c1nc(/C=C/C2=CC(C)CC(NC=O)=C2)c(S)c(N2CCOCC2)n1. The molecule has 1 amide bonds. The zero-order valence-electron chi connectivity index (χ0n) is 19.1. The molecule has 2 N–H and O–H groups in total. The van der Waals surface area contributed by atoms with Crippen LogP contribution in [0.3, 0.4) is 0 Å². The molecule has 8 nitrogen and oxygen atoms in total. The van der Waals surface area contributed by atoms with Gasteiger partial charge in [0, 0.05) is 30.6 Å². The largest absolute Gasteiger partial charge is 0.378 e. The molecule has 0 aromatic carbocycles. The first kappa shape index (κ1) is 23.7. The average Bonchev–Trinajstić information content (AvgIpc) is 2.82. The number of nitrogens with zero attached hydrogens (tertiary/aromatic N) is 4. The van der Waals surface area contributed by atoms with Crippen LogP contribution in [0.5, 0.6) is 0 Å². The maximum Gasteiger partial charge on any atom is 0.211 e. The van der Waals surface area contributed by atoms with E-state index in [4.69, 9.17) is 27.3 Å². The lowest BCUT2D eigenvalue weighted by molar-refractivity contribution is -0.109. The van der Waals surface area contributed by atoms with Crippen molar-refractivity contribution >= 4 is 42.7 Å². The van der Waals surface area contributed by atoms with Gasteiger partial charge in [0.1, 0.15) is 5.82 Å². The molecule has 0 saturated carbocycles. The number of allylic oxidation sites excluding steroid dienone is 9. The van der Waals surface area contributed by atoms with Crippen LogP contribution in [0.25, 0.3) is 11.6 Å². The van der Waals surface area contributed by atoms with E-state index in [2.05, 4.69) is 40.3 Å². The zero-order chi connectivity index (χ0) is 23.9. The molecule has 3 aliphatic rings. The normalized spacial score (nSPS) is 22.6. The minimum atomic E-state index is 0.315. The molecule has 1 atom stereocenters. The Morgan fingerprint density at radius 2 is 2.12 bits per heavy atom. The maximum absolute atomic E-state index is 10.9. The molecule has 1 aromatic rings. The van der Waals surface area contributed by atoms with Crippen LogP contribution in [0.4, 0.5) is 5.82 Å². The Kier molecular flexibility index (Phi) is 7.76. The van der Waals surface area contributed by atoms with Crippen molar-refractivity contribution in [2.24, 2.45) is 11.0 Å². The van der Waals surface area contributed by atoms with E-state index in [0.29, 0.717) is 47.5 Å². The van der Waals surface area contributed by atoms with Crippen molar-refractivity contribution < 1.29 is 9.53 Å². The lowest BCUT2D eigenvalue weighted by atomic mass is 9.95. The second-order valence-corrected chi connectivity index (χ2v) is 8.62. The molecule has 1 unspecified atom stereocenters. The van der Waals surface area contributed by atoms with Crippen LogP contribution in [-0.4, -0.2) is 48.9 Å². The van der Waals surface area contributed by atoms with Crippen LogP contribution in [0.15, 0.2) is 70.0 Å². The molecule has 176 valence electrons. The number of amides is 1. The van der Waals surface area contributed by atoms with Gasteiger partial charge in [-0.05, 0) is 47.8 Å². The number of rotatable bonds is 6. The van der Waals surface area contributed by atoms with E-state index in [1.165, 1.54) is 0 Å². The van der Waals surface area contributed by atoms with Gasteiger partial charge in [0.05, 0.1) is 30.0 Å². The topological polar surface area (TPSA) is 91.7 Å². The highest BCUT2D eigenvalue weighted by Gasteiger charge is 2.21. The number of carbonyl (C=O) groups is 1. The molecule has 0 spiro atoms. The smallest absolute Gasteiger partial charge is 0.211 e. The molecule has 2 aliphatic heterocycles. The molecule has 0 radical (unpaired) electrons. The Morgan fingerprint density at radius 3 is 2.91 bits per heavy atom. The third kappa shape index (κ3) is 5.73. The molecule has 1 saturated heterocycles. The molecule has 4 rings (SSSR count). The van der Waals surface area contributed by atoms with Gasteiger partial charge >= 0.3 is 0 Å². The van der Waals surface area contributed by atoms with Gasteiger partial charge in [0.25, 0.3) is 0 Å². The Hall–Kier alpha value is -3.43. The minimum absolute atomic E-state index is 0.315. The molecule has 9 heteroatoms. The van der Waals surface area contributed by atoms with E-state index in [1.54, 1.807) is 12.4 Å². The Bertz CT molecular complexity index is 1140. The van der Waals surface area contributed by atoms with Gasteiger partial charge in [-0.25, -0.2) is 9.97 Å². The second-order valence-electron chi connectivity index (χ2n) is 8.17. The van der Waals surface area contributed by atoms with E-state index in [9.17, 15) is 4.79 Å². The van der Waals surface area contributed by atoms with Crippen molar-refractivity contribution in [1.82, 2.24) is 20.7 Å². The number of hydrazone groups is 1. The average molecular weight is 477 g/mol. The summed E-state index contributed by atoms with van der Waals surface area (Å²) in [4.78, 5) is 23.5. The summed E-state index contributed by atoms with van der Waals surface area (Å²) in [5.74, 6) is 1.62. The van der Waals surface area contributed by atoms with E-state index < -0.39 is 0 Å². The lowest BCUT2D eigenvalue weighted by Gasteiger charge is -2.29.